The molecule has 0 aromatic heterocycles. The summed E-state index contributed by atoms with van der Waals surface area (Å²) >= 11 is 0. The van der Waals surface area contributed by atoms with Crippen molar-refractivity contribution in [1.82, 2.24) is 0 Å². The third kappa shape index (κ3) is 6.89. The highest BCUT2D eigenvalue weighted by atomic mass is 16.5. The van der Waals surface area contributed by atoms with Gasteiger partial charge in [-0.05, 0) is 31.2 Å². The van der Waals surface area contributed by atoms with Crippen molar-refractivity contribution >= 4 is 11.8 Å². The van der Waals surface area contributed by atoms with E-state index in [9.17, 15) is 19.8 Å². The Hall–Kier alpha value is -1.76. The molecule has 0 unspecified atom stereocenters. The quantitative estimate of drug-likeness (QED) is 0.626. The molecule has 0 spiro atoms. The van der Waals surface area contributed by atoms with E-state index in [1.165, 1.54) is 0 Å². The number of aliphatic hydroxyl groups excluding tert-OH is 2. The zero-order valence-corrected chi connectivity index (χ0v) is 21.8. The van der Waals surface area contributed by atoms with Crippen LogP contribution in [0.1, 0.15) is 66.9 Å². The molecule has 6 nitrogen and oxygen atoms in total. The molecular formula is C28H44O6. The first-order valence-corrected chi connectivity index (χ1v) is 12.7. The molecule has 1 heterocycles. The number of aliphatic hydroxyl groups is 2. The summed E-state index contributed by atoms with van der Waals surface area (Å²) in [6.07, 6.45) is -1.74. The third-order valence-electron chi connectivity index (χ3n) is 7.76. The van der Waals surface area contributed by atoms with Gasteiger partial charge in [-0.2, -0.15) is 0 Å². The van der Waals surface area contributed by atoms with E-state index in [-0.39, 0.29) is 23.5 Å². The maximum absolute atomic E-state index is 13.5. The number of Topliss-reactive ketones (excluding diaryl/α,β-unsaturated/α-hetero) is 1. The van der Waals surface area contributed by atoms with Crippen molar-refractivity contribution < 1.29 is 29.3 Å². The predicted octanol–water partition coefficient (Wildman–Crippen LogP) is 4.40. The van der Waals surface area contributed by atoms with E-state index in [1.54, 1.807) is 13.8 Å². The van der Waals surface area contributed by atoms with Gasteiger partial charge in [0.25, 0.3) is 0 Å². The second-order valence-corrected chi connectivity index (χ2v) is 10.4. The van der Waals surface area contributed by atoms with Crippen LogP contribution in [0.2, 0.25) is 0 Å². The van der Waals surface area contributed by atoms with Crippen LogP contribution in [-0.2, 0) is 25.7 Å². The molecule has 2 N–H and O–H groups in total. The summed E-state index contributed by atoms with van der Waals surface area (Å²) in [5, 5.41) is 21.7. The molecule has 0 amide bonds. The molecule has 1 aliphatic heterocycles. The third-order valence-corrected chi connectivity index (χ3v) is 7.76. The number of benzene rings is 1. The SMILES string of the molecule is CC[C@H]1OC(=O)[C@H](C)[C@@H](O)[C@H](C)[C@@H](O)[C@@H](C)C[C@@H](C)C(=O)[C@H](C)[C@@H](OCc2ccccc2)[C@H]1C. The van der Waals surface area contributed by atoms with Crippen LogP contribution in [0.25, 0.3) is 0 Å². The van der Waals surface area contributed by atoms with Gasteiger partial charge in [0.15, 0.2) is 0 Å². The minimum Gasteiger partial charge on any atom is -0.462 e. The number of cyclic esters (lactones) is 1. The van der Waals surface area contributed by atoms with Crippen LogP contribution < -0.4 is 0 Å². The van der Waals surface area contributed by atoms with Crippen LogP contribution in [0, 0.1) is 35.5 Å². The Morgan fingerprint density at radius 3 is 2.12 bits per heavy atom. The topological polar surface area (TPSA) is 93.1 Å². The van der Waals surface area contributed by atoms with Crippen LogP contribution in [0.5, 0.6) is 0 Å². The molecule has 0 aliphatic carbocycles. The Morgan fingerprint density at radius 2 is 1.53 bits per heavy atom. The van der Waals surface area contributed by atoms with Crippen LogP contribution >= 0.6 is 0 Å². The van der Waals surface area contributed by atoms with Gasteiger partial charge in [0.2, 0.25) is 0 Å². The van der Waals surface area contributed by atoms with Crippen LogP contribution in [-0.4, -0.2) is 46.4 Å². The maximum Gasteiger partial charge on any atom is 0.311 e. The summed E-state index contributed by atoms with van der Waals surface area (Å²) in [5.41, 5.74) is 1.01. The second kappa shape index (κ2) is 12.8. The van der Waals surface area contributed by atoms with Gasteiger partial charge in [0.1, 0.15) is 11.9 Å². The molecule has 0 bridgehead atoms. The average molecular weight is 477 g/mol. The zero-order chi connectivity index (χ0) is 25.6. The number of ketones is 1. The fraction of sp³-hybridized carbons (Fsp3) is 0.714. The molecule has 34 heavy (non-hydrogen) atoms. The van der Waals surface area contributed by atoms with Gasteiger partial charge in [-0.1, -0.05) is 71.9 Å². The largest absolute Gasteiger partial charge is 0.462 e. The molecular weight excluding hydrogens is 432 g/mol. The summed E-state index contributed by atoms with van der Waals surface area (Å²) in [4.78, 5) is 26.4. The van der Waals surface area contributed by atoms with Crippen molar-refractivity contribution in [2.75, 3.05) is 0 Å². The summed E-state index contributed by atoms with van der Waals surface area (Å²) in [6, 6.07) is 9.80. The highest BCUT2D eigenvalue weighted by Gasteiger charge is 2.41. The number of carbonyl (C=O) groups excluding carboxylic acids is 2. The van der Waals surface area contributed by atoms with Gasteiger partial charge in [0, 0.05) is 23.7 Å². The lowest BCUT2D eigenvalue weighted by Gasteiger charge is -2.37. The monoisotopic (exact) mass is 476 g/mol. The minimum atomic E-state index is -1.05. The summed E-state index contributed by atoms with van der Waals surface area (Å²) in [6.45, 7) is 13.3. The standard InChI is InChI=1S/C28H44O6/c1-8-23-18(4)27(33-15-22-12-10-9-11-13-22)20(6)25(30)17(3)14-16(2)24(29)19(5)26(31)21(7)28(32)34-23/h9-13,16-21,23-24,26-27,29,31H,8,14-15H2,1-7H3/t16-,17+,18-,19+,20-,21+,23+,24-,26-,27-/m0/s1. The normalized spacial score (nSPS) is 38.7. The summed E-state index contributed by atoms with van der Waals surface area (Å²) < 4.78 is 12.2. The van der Waals surface area contributed by atoms with Gasteiger partial charge >= 0.3 is 5.97 Å². The number of rotatable bonds is 4. The highest BCUT2D eigenvalue weighted by Crippen LogP contribution is 2.32. The first kappa shape index (κ1) is 28.5. The Kier molecular flexibility index (Phi) is 10.7. The van der Waals surface area contributed by atoms with Crippen LogP contribution in [0.4, 0.5) is 0 Å². The Bertz CT molecular complexity index is 780. The minimum absolute atomic E-state index is 0.0729. The predicted molar refractivity (Wildman–Crippen MR) is 132 cm³/mol. The lowest BCUT2D eigenvalue weighted by molar-refractivity contribution is -0.168. The first-order valence-electron chi connectivity index (χ1n) is 12.7. The molecule has 10 atom stereocenters. The van der Waals surface area contributed by atoms with Crippen molar-refractivity contribution in [2.24, 2.45) is 35.5 Å². The lowest BCUT2D eigenvalue weighted by Crippen LogP contribution is -2.46. The fourth-order valence-corrected chi connectivity index (χ4v) is 5.29. The molecule has 1 aliphatic rings. The molecule has 1 saturated heterocycles. The Labute approximate surface area is 205 Å². The van der Waals surface area contributed by atoms with Crippen molar-refractivity contribution in [3.05, 3.63) is 35.9 Å². The maximum atomic E-state index is 13.5. The van der Waals surface area contributed by atoms with Gasteiger partial charge < -0.3 is 19.7 Å². The molecule has 6 heteroatoms. The van der Waals surface area contributed by atoms with E-state index in [1.807, 2.05) is 65.0 Å². The van der Waals surface area contributed by atoms with E-state index >= 15 is 0 Å². The molecule has 192 valence electrons. The fourth-order valence-electron chi connectivity index (χ4n) is 5.29. The first-order chi connectivity index (χ1) is 16.0. The lowest BCUT2D eigenvalue weighted by atomic mass is 9.77. The van der Waals surface area contributed by atoms with Crippen molar-refractivity contribution in [3.8, 4) is 0 Å². The number of ether oxygens (including phenoxy) is 2. The Morgan fingerprint density at radius 1 is 0.912 bits per heavy atom. The Balaban J connectivity index is 2.39. The number of esters is 1. The van der Waals surface area contributed by atoms with E-state index in [0.29, 0.717) is 19.4 Å². The molecule has 1 aromatic carbocycles. The van der Waals surface area contributed by atoms with Crippen molar-refractivity contribution in [1.29, 1.82) is 0 Å². The van der Waals surface area contributed by atoms with Gasteiger partial charge in [-0.3, -0.25) is 9.59 Å². The van der Waals surface area contributed by atoms with Crippen molar-refractivity contribution in [2.45, 2.75) is 92.3 Å². The van der Waals surface area contributed by atoms with E-state index in [0.717, 1.165) is 5.56 Å². The zero-order valence-electron chi connectivity index (χ0n) is 21.8. The van der Waals surface area contributed by atoms with Crippen LogP contribution in [0.3, 0.4) is 0 Å². The molecule has 0 saturated carbocycles. The van der Waals surface area contributed by atoms with Gasteiger partial charge in [-0.25, -0.2) is 0 Å². The molecule has 1 fully saturated rings. The number of hydrogen-bond donors (Lipinski definition) is 2. The van der Waals surface area contributed by atoms with Gasteiger partial charge in [-0.15, -0.1) is 0 Å². The van der Waals surface area contributed by atoms with E-state index in [4.69, 9.17) is 9.47 Å². The molecule has 2 rings (SSSR count). The highest BCUT2D eigenvalue weighted by molar-refractivity contribution is 5.83. The van der Waals surface area contributed by atoms with Crippen LogP contribution in [0.15, 0.2) is 30.3 Å². The smallest absolute Gasteiger partial charge is 0.311 e. The number of hydrogen-bond acceptors (Lipinski definition) is 6. The second-order valence-electron chi connectivity index (χ2n) is 10.4. The van der Waals surface area contributed by atoms with E-state index in [2.05, 4.69) is 0 Å². The average Bonchev–Trinajstić information content (AvgIpc) is 2.84. The molecule has 0 radical (unpaired) electrons. The molecule has 1 aromatic rings. The number of carbonyl (C=O) groups is 2. The summed E-state index contributed by atoms with van der Waals surface area (Å²) in [5.74, 6) is -2.85. The van der Waals surface area contributed by atoms with Gasteiger partial charge in [0.05, 0.1) is 30.8 Å². The van der Waals surface area contributed by atoms with Crippen molar-refractivity contribution in [3.63, 3.8) is 0 Å². The summed E-state index contributed by atoms with van der Waals surface area (Å²) in [7, 11) is 0. The van der Waals surface area contributed by atoms with E-state index < -0.39 is 48.1 Å².